The fourth-order valence-electron chi connectivity index (χ4n) is 1.97. The van der Waals surface area contributed by atoms with Gasteiger partial charge < -0.3 is 4.55 Å². The first-order valence-corrected chi connectivity index (χ1v) is 9.01. The Morgan fingerprint density at radius 3 is 1.15 bits per heavy atom. The second kappa shape index (κ2) is 9.32. The normalized spacial score (nSPS) is 16.8. The van der Waals surface area contributed by atoms with Crippen LogP contribution < -0.4 is 18.9 Å². The molecule has 3 nitrogen and oxygen atoms in total. The second-order valence-corrected chi connectivity index (χ2v) is 7.72. The van der Waals surface area contributed by atoms with Crippen molar-refractivity contribution in [1.82, 2.24) is 0 Å². The van der Waals surface area contributed by atoms with Gasteiger partial charge in [0.05, 0.1) is 0 Å². The standard InChI is InChI=1S/C12H9F17O3S.Li/c1-2-3-4(13)5(14,15)6(16,17)7(18,19)8(20,21)9(22,23)10(24,25)11(26,27)12(28,29)33(30,31)32;/h4H,2-3H2,1H3,(H,30,31,32);/q;+1/p-1. The summed E-state index contributed by atoms with van der Waals surface area (Å²) in [5.41, 5.74) is 0. The third-order valence-electron chi connectivity index (χ3n) is 4.01. The van der Waals surface area contributed by atoms with E-state index in [9.17, 15) is 87.6 Å². The quantitative estimate of drug-likeness (QED) is 0.221. The van der Waals surface area contributed by atoms with E-state index in [1.165, 1.54) is 0 Å². The first-order valence-electron chi connectivity index (χ1n) is 7.60. The van der Waals surface area contributed by atoms with Gasteiger partial charge in [0.15, 0.2) is 16.3 Å². The summed E-state index contributed by atoms with van der Waals surface area (Å²) in [7, 11) is -8.15. The third kappa shape index (κ3) is 4.46. The maximum absolute atomic E-state index is 13.4. The number of hydrogen-bond donors (Lipinski definition) is 0. The Bertz CT molecular complexity index is 826. The van der Waals surface area contributed by atoms with Gasteiger partial charge in [-0.25, -0.2) is 12.8 Å². The minimum atomic E-state index is -8.89. The van der Waals surface area contributed by atoms with Crippen LogP contribution in [0.5, 0.6) is 0 Å². The smallest absolute Gasteiger partial charge is 0.743 e. The van der Waals surface area contributed by atoms with Crippen LogP contribution in [0.3, 0.4) is 0 Å². The van der Waals surface area contributed by atoms with Crippen molar-refractivity contribution in [3.8, 4) is 0 Å². The van der Waals surface area contributed by atoms with Crippen molar-refractivity contribution in [1.29, 1.82) is 0 Å². The molecule has 1 unspecified atom stereocenters. The van der Waals surface area contributed by atoms with Gasteiger partial charge in [0.2, 0.25) is 0 Å². The number of hydrogen-bond acceptors (Lipinski definition) is 3. The van der Waals surface area contributed by atoms with Crippen molar-refractivity contribution in [3.63, 3.8) is 0 Å². The SMILES string of the molecule is CCCC(F)C(F)(F)C(F)(F)C(F)(F)C(F)(F)C(F)(F)C(F)(F)C(F)(F)C(F)(F)S(=O)(=O)[O-].[Li+]. The summed E-state index contributed by atoms with van der Waals surface area (Å²) in [6, 6.07) is 0. The zero-order valence-electron chi connectivity index (χ0n) is 16.0. The van der Waals surface area contributed by atoms with Crippen molar-refractivity contribution in [2.75, 3.05) is 0 Å². The van der Waals surface area contributed by atoms with Gasteiger partial charge in [0, 0.05) is 0 Å². The molecule has 0 bridgehead atoms. The first kappa shape index (κ1) is 35.5. The Labute approximate surface area is 189 Å². The monoisotopic (exact) mass is 562 g/mol. The molecule has 0 aromatic carbocycles. The molecule has 0 aliphatic carbocycles. The molecule has 1 atom stereocenters. The molecule has 0 aromatic rings. The number of rotatable bonds is 11. The Balaban J connectivity index is 0. The Morgan fingerprint density at radius 2 is 0.882 bits per heavy atom. The molecular formula is C12H8F17LiO3S. The molecule has 0 spiro atoms. The molecule has 34 heavy (non-hydrogen) atoms. The van der Waals surface area contributed by atoms with Gasteiger partial charge in [-0.3, -0.25) is 0 Å². The Morgan fingerprint density at radius 1 is 0.618 bits per heavy atom. The van der Waals surface area contributed by atoms with Gasteiger partial charge in [-0.2, -0.15) is 70.2 Å². The molecule has 0 saturated heterocycles. The van der Waals surface area contributed by atoms with Crippen LogP contribution >= 0.6 is 0 Å². The van der Waals surface area contributed by atoms with Crippen LogP contribution in [0.4, 0.5) is 74.6 Å². The van der Waals surface area contributed by atoms with Crippen LogP contribution in [0.2, 0.25) is 0 Å². The molecule has 22 heteroatoms. The molecule has 0 aliphatic heterocycles. The summed E-state index contributed by atoms with van der Waals surface area (Å²) in [4.78, 5) is 0. The van der Waals surface area contributed by atoms with E-state index < -0.39 is 75.8 Å². The molecule has 0 heterocycles. The largest absolute Gasteiger partial charge is 1.00 e. The maximum atomic E-state index is 13.4. The average Bonchev–Trinajstić information content (AvgIpc) is 2.59. The second-order valence-electron chi connectivity index (χ2n) is 6.30. The fraction of sp³-hybridized carbons (Fsp3) is 1.00. The summed E-state index contributed by atoms with van der Waals surface area (Å²) in [5.74, 6) is -58.7. The van der Waals surface area contributed by atoms with Crippen LogP contribution in [0, 0.1) is 0 Å². The third-order valence-corrected chi connectivity index (χ3v) is 4.89. The Kier molecular flexibility index (Phi) is 9.73. The van der Waals surface area contributed by atoms with E-state index in [4.69, 9.17) is 0 Å². The van der Waals surface area contributed by atoms with Gasteiger partial charge in [-0.05, 0) is 6.42 Å². The summed E-state index contributed by atoms with van der Waals surface area (Å²) in [6.45, 7) is 0.731. The molecule has 0 rings (SSSR count). The van der Waals surface area contributed by atoms with Crippen LogP contribution in [0.1, 0.15) is 19.8 Å². The number of alkyl halides is 17. The van der Waals surface area contributed by atoms with Crippen molar-refractivity contribution in [3.05, 3.63) is 0 Å². The van der Waals surface area contributed by atoms with E-state index in [1.54, 1.807) is 0 Å². The minimum Gasteiger partial charge on any atom is -0.743 e. The molecule has 0 radical (unpaired) electrons. The molecule has 200 valence electrons. The van der Waals surface area contributed by atoms with E-state index in [2.05, 4.69) is 0 Å². The summed E-state index contributed by atoms with van der Waals surface area (Å²) < 4.78 is 256. The minimum absolute atomic E-state index is 0. The van der Waals surface area contributed by atoms with Crippen LogP contribution in [0.15, 0.2) is 0 Å². The van der Waals surface area contributed by atoms with Gasteiger partial charge in [0.25, 0.3) is 0 Å². The summed E-state index contributed by atoms with van der Waals surface area (Å²) in [5, 5.41) is -7.95. The van der Waals surface area contributed by atoms with Gasteiger partial charge in [-0.1, -0.05) is 13.3 Å². The van der Waals surface area contributed by atoms with E-state index >= 15 is 0 Å². The predicted molar refractivity (Wildman–Crippen MR) is 69.1 cm³/mol. The van der Waals surface area contributed by atoms with Crippen molar-refractivity contribution in [2.45, 2.75) is 72.6 Å². The van der Waals surface area contributed by atoms with Crippen molar-refractivity contribution in [2.24, 2.45) is 0 Å². The van der Waals surface area contributed by atoms with Gasteiger partial charge in [-0.15, -0.1) is 0 Å². The van der Waals surface area contributed by atoms with Gasteiger partial charge >= 0.3 is 65.6 Å². The summed E-state index contributed by atoms with van der Waals surface area (Å²) in [6.07, 6.45) is -7.25. The van der Waals surface area contributed by atoms with Crippen LogP contribution in [-0.4, -0.2) is 65.9 Å². The average molecular weight is 562 g/mol. The molecular weight excluding hydrogens is 554 g/mol. The van der Waals surface area contributed by atoms with Crippen molar-refractivity contribution < 1.29 is 106 Å². The zero-order chi connectivity index (χ0) is 27.5. The number of halogens is 17. The summed E-state index contributed by atoms with van der Waals surface area (Å²) >= 11 is 0. The van der Waals surface area contributed by atoms with Gasteiger partial charge in [0.1, 0.15) is 0 Å². The topological polar surface area (TPSA) is 57.2 Å². The maximum Gasteiger partial charge on any atom is 1.00 e. The van der Waals surface area contributed by atoms with E-state index in [0.29, 0.717) is 0 Å². The molecule has 0 saturated carbocycles. The van der Waals surface area contributed by atoms with Crippen LogP contribution in [-0.2, 0) is 10.1 Å². The Hall–Kier alpha value is -0.683. The van der Waals surface area contributed by atoms with Crippen LogP contribution in [0.25, 0.3) is 0 Å². The van der Waals surface area contributed by atoms with E-state index in [1.807, 2.05) is 0 Å². The zero-order valence-corrected chi connectivity index (χ0v) is 16.9. The van der Waals surface area contributed by atoms with Crippen molar-refractivity contribution >= 4 is 10.1 Å². The molecule has 0 fully saturated rings. The predicted octanol–water partition coefficient (Wildman–Crippen LogP) is 2.71. The molecule has 0 N–H and O–H groups in total. The van der Waals surface area contributed by atoms with E-state index in [-0.39, 0.29) is 18.9 Å². The molecule has 0 amide bonds. The molecule has 0 aliphatic rings. The van der Waals surface area contributed by atoms with E-state index in [0.717, 1.165) is 6.92 Å². The molecule has 0 aromatic heterocycles. The fourth-order valence-corrected chi connectivity index (χ4v) is 2.41. The first-order chi connectivity index (χ1) is 14.0.